The Morgan fingerprint density at radius 3 is 2.63 bits per heavy atom. The van der Waals surface area contributed by atoms with Gasteiger partial charge in [-0.15, -0.1) is 0 Å². The number of nitrogens with one attached hydrogen (secondary N) is 1. The molecule has 0 bridgehead atoms. The molecule has 3 aromatic rings. The Labute approximate surface area is 111 Å². The van der Waals surface area contributed by atoms with E-state index in [-0.39, 0.29) is 0 Å². The van der Waals surface area contributed by atoms with Crippen molar-refractivity contribution in [3.05, 3.63) is 42.0 Å². The minimum absolute atomic E-state index is 0.810. The molecule has 0 unspecified atom stereocenters. The van der Waals surface area contributed by atoms with E-state index in [1.807, 2.05) is 49.8 Å². The fraction of sp³-hybridized carbons (Fsp3) is 0.214. The third-order valence-corrected chi connectivity index (χ3v) is 3.30. The van der Waals surface area contributed by atoms with Crippen molar-refractivity contribution in [2.24, 2.45) is 7.05 Å². The van der Waals surface area contributed by atoms with Gasteiger partial charge in [0.1, 0.15) is 12.1 Å². The molecule has 1 N–H and O–H groups in total. The predicted octanol–water partition coefficient (Wildman–Crippen LogP) is 2.72. The molecule has 5 heteroatoms. The Morgan fingerprint density at radius 1 is 1.11 bits per heavy atom. The van der Waals surface area contributed by atoms with Crippen molar-refractivity contribution in [1.82, 2.24) is 19.7 Å². The Hall–Kier alpha value is -2.43. The number of rotatable bonds is 2. The second-order valence-corrected chi connectivity index (χ2v) is 4.53. The van der Waals surface area contributed by atoms with Crippen molar-refractivity contribution in [3.63, 3.8) is 0 Å². The van der Waals surface area contributed by atoms with Gasteiger partial charge in [-0.3, -0.25) is 4.68 Å². The second kappa shape index (κ2) is 4.35. The first-order valence-corrected chi connectivity index (χ1v) is 6.14. The highest BCUT2D eigenvalue weighted by Gasteiger charge is 2.11. The van der Waals surface area contributed by atoms with Gasteiger partial charge in [-0.05, 0) is 26.0 Å². The fourth-order valence-corrected chi connectivity index (χ4v) is 2.18. The standard InChI is InChI=1S/C14H15N5/c1-9-13(10(2)19(3)18-9)17-14-11-6-4-5-7-12(11)15-8-16-14/h4-8H,1-3H3,(H,15,16,17). The minimum Gasteiger partial charge on any atom is -0.337 e. The average molecular weight is 253 g/mol. The summed E-state index contributed by atoms with van der Waals surface area (Å²) in [7, 11) is 1.94. The van der Waals surface area contributed by atoms with Gasteiger partial charge in [0.25, 0.3) is 0 Å². The number of fused-ring (bicyclic) bond motifs is 1. The van der Waals surface area contributed by atoms with E-state index >= 15 is 0 Å². The molecule has 0 aliphatic heterocycles. The van der Waals surface area contributed by atoms with Crippen molar-refractivity contribution in [2.45, 2.75) is 13.8 Å². The number of aryl methyl sites for hydroxylation is 2. The van der Waals surface area contributed by atoms with Crippen LogP contribution in [0, 0.1) is 13.8 Å². The van der Waals surface area contributed by atoms with Crippen molar-refractivity contribution in [3.8, 4) is 0 Å². The molecule has 2 heterocycles. The van der Waals surface area contributed by atoms with E-state index in [0.29, 0.717) is 0 Å². The number of para-hydroxylation sites is 1. The van der Waals surface area contributed by atoms with Crippen LogP contribution in [-0.2, 0) is 7.05 Å². The largest absolute Gasteiger partial charge is 0.337 e. The van der Waals surface area contributed by atoms with Gasteiger partial charge in [0.2, 0.25) is 0 Å². The topological polar surface area (TPSA) is 55.6 Å². The third kappa shape index (κ3) is 1.93. The quantitative estimate of drug-likeness (QED) is 0.763. The third-order valence-electron chi connectivity index (χ3n) is 3.30. The van der Waals surface area contributed by atoms with E-state index in [1.165, 1.54) is 0 Å². The highest BCUT2D eigenvalue weighted by molar-refractivity contribution is 5.90. The fourth-order valence-electron chi connectivity index (χ4n) is 2.18. The molecule has 0 spiro atoms. The monoisotopic (exact) mass is 253 g/mol. The first-order valence-electron chi connectivity index (χ1n) is 6.14. The van der Waals surface area contributed by atoms with Gasteiger partial charge in [0.05, 0.1) is 22.6 Å². The van der Waals surface area contributed by atoms with Crippen LogP contribution in [0.4, 0.5) is 11.5 Å². The van der Waals surface area contributed by atoms with E-state index < -0.39 is 0 Å². The van der Waals surface area contributed by atoms with Crippen LogP contribution in [0.5, 0.6) is 0 Å². The predicted molar refractivity (Wildman–Crippen MR) is 75.5 cm³/mol. The van der Waals surface area contributed by atoms with Crippen LogP contribution in [0.25, 0.3) is 10.9 Å². The highest BCUT2D eigenvalue weighted by atomic mass is 15.3. The number of aromatic nitrogens is 4. The molecule has 0 fully saturated rings. The summed E-state index contributed by atoms with van der Waals surface area (Å²) in [6.45, 7) is 4.02. The lowest BCUT2D eigenvalue weighted by molar-refractivity contribution is 0.731. The lowest BCUT2D eigenvalue weighted by Gasteiger charge is -2.08. The van der Waals surface area contributed by atoms with Crippen LogP contribution in [0.15, 0.2) is 30.6 Å². The Morgan fingerprint density at radius 2 is 1.89 bits per heavy atom. The van der Waals surface area contributed by atoms with E-state index in [0.717, 1.165) is 33.8 Å². The first-order chi connectivity index (χ1) is 9.16. The molecule has 0 amide bonds. The Kier molecular flexibility index (Phi) is 2.67. The van der Waals surface area contributed by atoms with Crippen LogP contribution < -0.4 is 5.32 Å². The minimum atomic E-state index is 0.810. The molecule has 5 nitrogen and oxygen atoms in total. The van der Waals surface area contributed by atoms with E-state index in [9.17, 15) is 0 Å². The number of hydrogen-bond donors (Lipinski definition) is 1. The summed E-state index contributed by atoms with van der Waals surface area (Å²) < 4.78 is 1.86. The summed E-state index contributed by atoms with van der Waals surface area (Å²) in [5.74, 6) is 0.810. The second-order valence-electron chi connectivity index (χ2n) is 4.53. The molecule has 0 aliphatic carbocycles. The van der Waals surface area contributed by atoms with Crippen LogP contribution in [0.1, 0.15) is 11.4 Å². The summed E-state index contributed by atoms with van der Waals surface area (Å²) >= 11 is 0. The molecule has 0 atom stereocenters. The maximum Gasteiger partial charge on any atom is 0.141 e. The molecular weight excluding hydrogens is 238 g/mol. The van der Waals surface area contributed by atoms with Gasteiger partial charge in [0, 0.05) is 12.4 Å². The van der Waals surface area contributed by atoms with Crippen LogP contribution >= 0.6 is 0 Å². The molecule has 0 aliphatic rings. The Balaban J connectivity index is 2.11. The number of nitrogens with zero attached hydrogens (tertiary/aromatic N) is 4. The van der Waals surface area contributed by atoms with Crippen molar-refractivity contribution < 1.29 is 0 Å². The molecule has 0 saturated heterocycles. The van der Waals surface area contributed by atoms with Gasteiger partial charge in [0.15, 0.2) is 0 Å². The summed E-state index contributed by atoms with van der Waals surface area (Å²) in [5, 5.41) is 8.77. The first kappa shape index (κ1) is 11.6. The van der Waals surface area contributed by atoms with Crippen LogP contribution in [0.3, 0.4) is 0 Å². The normalized spacial score (nSPS) is 10.9. The van der Waals surface area contributed by atoms with Crippen molar-refractivity contribution in [2.75, 3.05) is 5.32 Å². The zero-order chi connectivity index (χ0) is 13.4. The van der Waals surface area contributed by atoms with Crippen molar-refractivity contribution in [1.29, 1.82) is 0 Å². The molecule has 0 saturated carbocycles. The zero-order valence-electron chi connectivity index (χ0n) is 11.2. The summed E-state index contributed by atoms with van der Waals surface area (Å²) in [5.41, 5.74) is 3.98. The maximum absolute atomic E-state index is 4.40. The number of anilines is 2. The summed E-state index contributed by atoms with van der Waals surface area (Å²) in [6.07, 6.45) is 1.58. The molecule has 2 aromatic heterocycles. The Bertz CT molecular complexity index is 739. The van der Waals surface area contributed by atoms with E-state index in [1.54, 1.807) is 6.33 Å². The lowest BCUT2D eigenvalue weighted by atomic mass is 10.2. The summed E-state index contributed by atoms with van der Waals surface area (Å²) in [6, 6.07) is 7.95. The van der Waals surface area contributed by atoms with Crippen LogP contribution in [-0.4, -0.2) is 19.7 Å². The molecule has 3 rings (SSSR count). The lowest BCUT2D eigenvalue weighted by Crippen LogP contribution is -1.98. The average Bonchev–Trinajstić information content (AvgIpc) is 2.66. The van der Waals surface area contributed by atoms with E-state index in [2.05, 4.69) is 20.4 Å². The highest BCUT2D eigenvalue weighted by Crippen LogP contribution is 2.26. The SMILES string of the molecule is Cc1nn(C)c(C)c1Nc1ncnc2ccccc12. The zero-order valence-corrected chi connectivity index (χ0v) is 11.2. The number of benzene rings is 1. The van der Waals surface area contributed by atoms with Gasteiger partial charge in [-0.2, -0.15) is 5.10 Å². The molecule has 1 aromatic carbocycles. The van der Waals surface area contributed by atoms with Gasteiger partial charge in [-0.1, -0.05) is 12.1 Å². The van der Waals surface area contributed by atoms with E-state index in [4.69, 9.17) is 0 Å². The van der Waals surface area contributed by atoms with Crippen molar-refractivity contribution >= 4 is 22.4 Å². The molecule has 0 radical (unpaired) electrons. The molecule has 19 heavy (non-hydrogen) atoms. The smallest absolute Gasteiger partial charge is 0.141 e. The summed E-state index contributed by atoms with van der Waals surface area (Å²) in [4.78, 5) is 8.60. The van der Waals surface area contributed by atoms with Gasteiger partial charge < -0.3 is 5.32 Å². The molecular formula is C14H15N5. The maximum atomic E-state index is 4.40. The van der Waals surface area contributed by atoms with Crippen LogP contribution in [0.2, 0.25) is 0 Å². The van der Waals surface area contributed by atoms with Gasteiger partial charge >= 0.3 is 0 Å². The molecule has 96 valence electrons. The number of hydrogen-bond acceptors (Lipinski definition) is 4. The van der Waals surface area contributed by atoms with Gasteiger partial charge in [-0.25, -0.2) is 9.97 Å².